The van der Waals surface area contributed by atoms with Crippen LogP contribution in [-0.4, -0.2) is 9.55 Å². The summed E-state index contributed by atoms with van der Waals surface area (Å²) in [6.45, 7) is 0. The van der Waals surface area contributed by atoms with E-state index < -0.39 is 5.41 Å². The number of nitrogens with zero attached hydrogens (tertiary/aromatic N) is 3. The Bertz CT molecular complexity index is 2410. The van der Waals surface area contributed by atoms with Crippen molar-refractivity contribution in [2.45, 2.75) is 5.41 Å². The van der Waals surface area contributed by atoms with E-state index in [4.69, 9.17) is 4.98 Å². The van der Waals surface area contributed by atoms with E-state index in [0.29, 0.717) is 0 Å². The van der Waals surface area contributed by atoms with Crippen LogP contribution in [0.5, 0.6) is 0 Å². The molecule has 0 unspecified atom stereocenters. The molecule has 1 aliphatic carbocycles. The highest BCUT2D eigenvalue weighted by atomic mass is 15.2. The molecule has 0 bridgehead atoms. The van der Waals surface area contributed by atoms with Crippen LogP contribution in [0.25, 0.3) is 39.0 Å². The molecule has 0 amide bonds. The highest BCUT2D eigenvalue weighted by Crippen LogP contribution is 2.61. The third kappa shape index (κ3) is 3.60. The Morgan fingerprint density at radius 2 is 1.00 bits per heavy atom. The number of imidazole rings is 1. The summed E-state index contributed by atoms with van der Waals surface area (Å²) in [5.74, 6) is 1.06. The van der Waals surface area contributed by atoms with E-state index in [1.165, 1.54) is 44.6 Å². The maximum Gasteiger partial charge on any atom is 0.134 e. The second-order valence-corrected chi connectivity index (χ2v) is 12.4. The summed E-state index contributed by atoms with van der Waals surface area (Å²) in [7, 11) is 0. The summed E-state index contributed by atoms with van der Waals surface area (Å²) in [6, 6.07) is 63.4. The first-order chi connectivity index (χ1) is 23.3. The Labute approximate surface area is 273 Å². The number of aromatic nitrogens is 2. The molecule has 0 saturated carbocycles. The van der Waals surface area contributed by atoms with Gasteiger partial charge in [-0.25, -0.2) is 4.98 Å². The standard InChI is InChI=1S/C44H29N3/c1-3-13-30(14-4-1)31-23-25-33(26-24-31)46(32-15-5-2-6-16-32)34-27-28-41-39(29-34)44(43-45-40-21-11-12-22-42(40)47(41)43)37-19-9-7-17-35(37)36-18-8-10-20-38(36)44/h1-29H. The Kier molecular flexibility index (Phi) is 5.49. The highest BCUT2D eigenvalue weighted by Gasteiger charge is 2.54. The monoisotopic (exact) mass is 599 g/mol. The molecule has 0 fully saturated rings. The Morgan fingerprint density at radius 3 is 1.72 bits per heavy atom. The zero-order valence-corrected chi connectivity index (χ0v) is 25.6. The number of rotatable bonds is 4. The fourth-order valence-electron chi connectivity index (χ4n) is 8.02. The Balaban J connectivity index is 1.24. The highest BCUT2D eigenvalue weighted by molar-refractivity contribution is 5.92. The van der Waals surface area contributed by atoms with Gasteiger partial charge in [0, 0.05) is 22.6 Å². The normalized spacial score (nSPS) is 13.3. The molecule has 1 spiro atoms. The molecule has 3 heteroatoms. The zero-order valence-electron chi connectivity index (χ0n) is 25.6. The van der Waals surface area contributed by atoms with Crippen molar-refractivity contribution in [1.29, 1.82) is 0 Å². The molecular weight excluding hydrogens is 571 g/mol. The number of hydrogen-bond donors (Lipinski definition) is 0. The molecule has 8 aromatic rings. The van der Waals surface area contributed by atoms with Crippen LogP contribution in [0.3, 0.4) is 0 Å². The van der Waals surface area contributed by atoms with Gasteiger partial charge in [0.2, 0.25) is 0 Å². The molecular formula is C44H29N3. The van der Waals surface area contributed by atoms with E-state index in [1.807, 2.05) is 0 Å². The molecule has 0 saturated heterocycles. The zero-order chi connectivity index (χ0) is 31.0. The van der Waals surface area contributed by atoms with Crippen LogP contribution >= 0.6 is 0 Å². The third-order valence-electron chi connectivity index (χ3n) is 9.98. The van der Waals surface area contributed by atoms with E-state index in [-0.39, 0.29) is 0 Å². The van der Waals surface area contributed by atoms with Gasteiger partial charge in [-0.2, -0.15) is 0 Å². The van der Waals surface area contributed by atoms with Crippen molar-refractivity contribution in [3.05, 3.63) is 198 Å². The van der Waals surface area contributed by atoms with Crippen LogP contribution in [0, 0.1) is 0 Å². The predicted molar refractivity (Wildman–Crippen MR) is 192 cm³/mol. The molecule has 2 aliphatic rings. The van der Waals surface area contributed by atoms with Crippen LogP contribution in [0.1, 0.15) is 22.5 Å². The fourth-order valence-corrected chi connectivity index (χ4v) is 8.02. The quantitative estimate of drug-likeness (QED) is 0.201. The van der Waals surface area contributed by atoms with E-state index in [0.717, 1.165) is 33.9 Å². The second kappa shape index (κ2) is 9.90. The first kappa shape index (κ1) is 26.1. The summed E-state index contributed by atoms with van der Waals surface area (Å²) in [5, 5.41) is 0. The van der Waals surface area contributed by atoms with Crippen LogP contribution in [0.4, 0.5) is 17.1 Å². The molecule has 0 radical (unpaired) electrons. The number of fused-ring (bicyclic) bond motifs is 12. The molecule has 10 rings (SSSR count). The number of benzene rings is 7. The van der Waals surface area contributed by atoms with Crippen molar-refractivity contribution in [3.63, 3.8) is 0 Å². The molecule has 47 heavy (non-hydrogen) atoms. The van der Waals surface area contributed by atoms with Gasteiger partial charge in [0.25, 0.3) is 0 Å². The van der Waals surface area contributed by atoms with Gasteiger partial charge in [-0.05, 0) is 88.0 Å². The van der Waals surface area contributed by atoms with Crippen LogP contribution in [-0.2, 0) is 5.41 Å². The molecule has 7 aromatic carbocycles. The first-order valence-electron chi connectivity index (χ1n) is 16.2. The maximum atomic E-state index is 5.42. The van der Waals surface area contributed by atoms with Crippen LogP contribution < -0.4 is 4.90 Å². The van der Waals surface area contributed by atoms with Gasteiger partial charge in [-0.3, -0.25) is 4.57 Å². The first-order valence-corrected chi connectivity index (χ1v) is 16.2. The van der Waals surface area contributed by atoms with Crippen LogP contribution in [0.2, 0.25) is 0 Å². The molecule has 220 valence electrons. The van der Waals surface area contributed by atoms with Crippen molar-refractivity contribution >= 4 is 28.1 Å². The minimum Gasteiger partial charge on any atom is -0.310 e. The summed E-state index contributed by atoms with van der Waals surface area (Å²) < 4.78 is 2.40. The molecule has 0 atom stereocenters. The lowest BCUT2D eigenvalue weighted by Gasteiger charge is -2.30. The number of anilines is 3. The van der Waals surface area contributed by atoms with E-state index >= 15 is 0 Å². The lowest BCUT2D eigenvalue weighted by molar-refractivity contribution is 0.738. The smallest absolute Gasteiger partial charge is 0.134 e. The number of para-hydroxylation sites is 3. The predicted octanol–water partition coefficient (Wildman–Crippen LogP) is 10.8. The average Bonchev–Trinajstić information content (AvgIpc) is 3.76. The van der Waals surface area contributed by atoms with Crippen LogP contribution in [0.15, 0.2) is 176 Å². The number of hydrogen-bond acceptors (Lipinski definition) is 2. The lowest BCUT2D eigenvalue weighted by atomic mass is 9.73. The van der Waals surface area contributed by atoms with Gasteiger partial charge in [-0.15, -0.1) is 0 Å². The summed E-state index contributed by atoms with van der Waals surface area (Å²) in [5.41, 5.74) is 14.9. The van der Waals surface area contributed by atoms with Gasteiger partial charge in [0.1, 0.15) is 11.2 Å². The van der Waals surface area contributed by atoms with Gasteiger partial charge in [0.15, 0.2) is 0 Å². The minimum atomic E-state index is -0.545. The lowest BCUT2D eigenvalue weighted by Crippen LogP contribution is -2.27. The van der Waals surface area contributed by atoms with E-state index in [2.05, 4.69) is 185 Å². The van der Waals surface area contributed by atoms with Gasteiger partial charge < -0.3 is 4.90 Å². The third-order valence-corrected chi connectivity index (χ3v) is 9.98. The van der Waals surface area contributed by atoms with Crippen molar-refractivity contribution in [2.24, 2.45) is 0 Å². The van der Waals surface area contributed by atoms with Gasteiger partial charge in [-0.1, -0.05) is 121 Å². The largest absolute Gasteiger partial charge is 0.310 e. The molecule has 1 aliphatic heterocycles. The van der Waals surface area contributed by atoms with Crippen molar-refractivity contribution < 1.29 is 0 Å². The fraction of sp³-hybridized carbons (Fsp3) is 0.0227. The summed E-state index contributed by atoms with van der Waals surface area (Å²) in [4.78, 5) is 7.79. The molecule has 2 heterocycles. The maximum absolute atomic E-state index is 5.42. The van der Waals surface area contributed by atoms with Crippen molar-refractivity contribution in [1.82, 2.24) is 9.55 Å². The Hall–Kier alpha value is -6.19. The van der Waals surface area contributed by atoms with E-state index in [1.54, 1.807) is 0 Å². The van der Waals surface area contributed by atoms with E-state index in [9.17, 15) is 0 Å². The van der Waals surface area contributed by atoms with Gasteiger partial charge in [0.05, 0.1) is 16.7 Å². The second-order valence-electron chi connectivity index (χ2n) is 12.4. The minimum absolute atomic E-state index is 0.545. The molecule has 3 nitrogen and oxygen atoms in total. The SMILES string of the molecule is c1ccc(-c2ccc(N(c3ccccc3)c3ccc4c(c3)C3(c5ccccc5-c5ccccc53)c3nc5ccccc5n3-4)cc2)cc1. The van der Waals surface area contributed by atoms with Gasteiger partial charge >= 0.3 is 0 Å². The topological polar surface area (TPSA) is 21.1 Å². The molecule has 0 N–H and O–H groups in total. The average molecular weight is 600 g/mol. The summed E-state index contributed by atoms with van der Waals surface area (Å²) in [6.07, 6.45) is 0. The molecule has 1 aromatic heterocycles. The summed E-state index contributed by atoms with van der Waals surface area (Å²) >= 11 is 0. The van der Waals surface area contributed by atoms with Crippen molar-refractivity contribution in [3.8, 4) is 27.9 Å². The Morgan fingerprint density at radius 1 is 0.447 bits per heavy atom. The van der Waals surface area contributed by atoms with Crippen molar-refractivity contribution in [2.75, 3.05) is 4.90 Å².